The second kappa shape index (κ2) is 5.30. The van der Waals surface area contributed by atoms with Crippen molar-refractivity contribution in [1.29, 1.82) is 5.26 Å². The molecule has 1 fully saturated rings. The summed E-state index contributed by atoms with van der Waals surface area (Å²) in [6, 6.07) is 1.93. The molecule has 0 aromatic rings. The second-order valence-corrected chi connectivity index (χ2v) is 6.32. The van der Waals surface area contributed by atoms with Gasteiger partial charge in [-0.05, 0) is 12.8 Å². The molecule has 1 aliphatic heterocycles. The van der Waals surface area contributed by atoms with Gasteiger partial charge in [-0.15, -0.1) is 0 Å². The number of amides is 1. The van der Waals surface area contributed by atoms with Crippen molar-refractivity contribution in [3.05, 3.63) is 0 Å². The lowest BCUT2D eigenvalue weighted by Crippen LogP contribution is -2.43. The van der Waals surface area contributed by atoms with Crippen molar-refractivity contribution in [1.82, 2.24) is 4.90 Å². The molecule has 0 N–H and O–H groups in total. The second-order valence-electron chi connectivity index (χ2n) is 4.02. The van der Waals surface area contributed by atoms with Gasteiger partial charge < -0.3 is 4.90 Å². The van der Waals surface area contributed by atoms with Crippen LogP contribution >= 0.6 is 0 Å². The van der Waals surface area contributed by atoms with Crippen molar-refractivity contribution in [3.8, 4) is 6.07 Å². The van der Waals surface area contributed by atoms with Crippen LogP contribution in [0.4, 0.5) is 0 Å². The van der Waals surface area contributed by atoms with Crippen LogP contribution in [0.2, 0.25) is 0 Å². The van der Waals surface area contributed by atoms with Gasteiger partial charge in [0.15, 0.2) is 9.84 Å². The van der Waals surface area contributed by atoms with E-state index in [0.717, 1.165) is 6.42 Å². The zero-order chi connectivity index (χ0) is 12.2. The predicted octanol–water partition coefficient (Wildman–Crippen LogP) is 0.326. The Bertz CT molecular complexity index is 397. The minimum atomic E-state index is -3.27. The van der Waals surface area contributed by atoms with Gasteiger partial charge in [-0.25, -0.2) is 8.42 Å². The van der Waals surface area contributed by atoms with E-state index in [0.29, 0.717) is 19.4 Å². The smallest absolute Gasteiger partial charge is 0.240 e. The largest absolute Gasteiger partial charge is 0.344 e. The first-order chi connectivity index (χ1) is 7.49. The molecule has 1 aliphatic rings. The van der Waals surface area contributed by atoms with Gasteiger partial charge in [0.25, 0.3) is 0 Å². The summed E-state index contributed by atoms with van der Waals surface area (Å²) in [5.74, 6) is -0.259. The number of carbonyl (C=O) groups excluding carboxylic acids is 1. The molecular formula is C10H16N2O3S. The number of nitriles is 1. The monoisotopic (exact) mass is 244 g/mol. The molecule has 16 heavy (non-hydrogen) atoms. The van der Waals surface area contributed by atoms with Crippen molar-refractivity contribution in [3.63, 3.8) is 0 Å². The fourth-order valence-corrected chi connectivity index (χ4v) is 3.71. The lowest BCUT2D eigenvalue weighted by atomic mass is 10.1. The van der Waals surface area contributed by atoms with E-state index >= 15 is 0 Å². The molecule has 0 bridgehead atoms. The molecule has 5 nitrogen and oxygen atoms in total. The minimum absolute atomic E-state index is 0.107. The van der Waals surface area contributed by atoms with Gasteiger partial charge in [-0.1, -0.05) is 6.42 Å². The molecule has 0 radical (unpaired) electrons. The normalized spacial score (nSPS) is 23.4. The van der Waals surface area contributed by atoms with Gasteiger partial charge in [0.1, 0.15) is 5.25 Å². The van der Waals surface area contributed by atoms with Crippen molar-refractivity contribution in [2.75, 3.05) is 19.3 Å². The molecule has 90 valence electrons. The third-order valence-corrected chi connectivity index (χ3v) is 4.95. The zero-order valence-corrected chi connectivity index (χ0v) is 10.2. The van der Waals surface area contributed by atoms with E-state index < -0.39 is 15.1 Å². The van der Waals surface area contributed by atoms with E-state index in [4.69, 9.17) is 5.26 Å². The van der Waals surface area contributed by atoms with E-state index in [2.05, 4.69) is 0 Å². The molecule has 6 heteroatoms. The number of rotatable bonds is 3. The van der Waals surface area contributed by atoms with Crippen LogP contribution in [0.25, 0.3) is 0 Å². The van der Waals surface area contributed by atoms with Crippen LogP contribution in [0.3, 0.4) is 0 Å². The average Bonchev–Trinajstić information content (AvgIpc) is 2.24. The first-order valence-corrected chi connectivity index (χ1v) is 7.04. The lowest BCUT2D eigenvalue weighted by molar-refractivity contribution is -0.129. The molecule has 0 aromatic heterocycles. The van der Waals surface area contributed by atoms with Crippen molar-refractivity contribution in [2.45, 2.75) is 30.9 Å². The first-order valence-electron chi connectivity index (χ1n) is 5.32. The summed E-state index contributed by atoms with van der Waals surface area (Å²) in [4.78, 5) is 13.2. The molecule has 1 atom stereocenters. The maximum absolute atomic E-state index is 11.9. The Morgan fingerprint density at radius 3 is 2.75 bits per heavy atom. The molecule has 0 aromatic carbocycles. The molecular weight excluding hydrogens is 228 g/mol. The minimum Gasteiger partial charge on any atom is -0.344 e. The van der Waals surface area contributed by atoms with Crippen molar-refractivity contribution >= 4 is 15.7 Å². The summed E-state index contributed by atoms with van der Waals surface area (Å²) < 4.78 is 23.4. The Hall–Kier alpha value is -1.09. The summed E-state index contributed by atoms with van der Waals surface area (Å²) in [5, 5.41) is 7.52. The van der Waals surface area contributed by atoms with Gasteiger partial charge in [-0.3, -0.25) is 4.79 Å². The van der Waals surface area contributed by atoms with Crippen LogP contribution in [0.5, 0.6) is 0 Å². The zero-order valence-electron chi connectivity index (χ0n) is 9.35. The highest BCUT2D eigenvalue weighted by Crippen LogP contribution is 2.21. The standard InChI is InChI=1S/C10H16N2O3S/c1-12(7-4-6-11)10(13)9-5-2-3-8-16(9,14)15/h9H,2-5,7-8H2,1H3. The fraction of sp³-hybridized carbons (Fsp3) is 0.800. The van der Waals surface area contributed by atoms with Crippen LogP contribution in [0.15, 0.2) is 0 Å². The number of nitrogens with zero attached hydrogens (tertiary/aromatic N) is 2. The van der Waals surface area contributed by atoms with E-state index in [1.54, 1.807) is 7.05 Å². The van der Waals surface area contributed by atoms with Gasteiger partial charge in [-0.2, -0.15) is 5.26 Å². The Kier molecular flexibility index (Phi) is 4.30. The van der Waals surface area contributed by atoms with Gasteiger partial charge in [0, 0.05) is 13.6 Å². The highest BCUT2D eigenvalue weighted by Gasteiger charge is 2.36. The van der Waals surface area contributed by atoms with E-state index in [1.165, 1.54) is 4.90 Å². The maximum atomic E-state index is 11.9. The van der Waals surface area contributed by atoms with E-state index in [9.17, 15) is 13.2 Å². The topological polar surface area (TPSA) is 78.2 Å². The van der Waals surface area contributed by atoms with Crippen LogP contribution in [-0.2, 0) is 14.6 Å². The summed E-state index contributed by atoms with van der Waals surface area (Å²) in [7, 11) is -1.72. The molecule has 0 aliphatic carbocycles. The summed E-state index contributed by atoms with van der Waals surface area (Å²) >= 11 is 0. The average molecular weight is 244 g/mol. The lowest BCUT2D eigenvalue weighted by Gasteiger charge is -2.25. The molecule has 1 unspecified atom stereocenters. The quantitative estimate of drug-likeness (QED) is 0.716. The van der Waals surface area contributed by atoms with Gasteiger partial charge in [0.05, 0.1) is 18.2 Å². The highest BCUT2D eigenvalue weighted by molar-refractivity contribution is 7.92. The van der Waals surface area contributed by atoms with Gasteiger partial charge in [0.2, 0.25) is 5.91 Å². The number of sulfone groups is 1. The molecule has 1 saturated heterocycles. The Morgan fingerprint density at radius 2 is 2.19 bits per heavy atom. The Labute approximate surface area is 96.0 Å². The highest BCUT2D eigenvalue weighted by atomic mass is 32.2. The van der Waals surface area contributed by atoms with Crippen molar-refractivity contribution < 1.29 is 13.2 Å². The summed E-state index contributed by atoms with van der Waals surface area (Å²) in [6.07, 6.45) is 2.07. The van der Waals surface area contributed by atoms with Crippen LogP contribution in [0, 0.1) is 11.3 Å². The van der Waals surface area contributed by atoms with Gasteiger partial charge >= 0.3 is 0 Å². The van der Waals surface area contributed by atoms with Crippen LogP contribution in [-0.4, -0.2) is 43.8 Å². The fourth-order valence-electron chi connectivity index (χ4n) is 1.81. The van der Waals surface area contributed by atoms with Crippen LogP contribution < -0.4 is 0 Å². The molecule has 1 heterocycles. The van der Waals surface area contributed by atoms with E-state index in [1.807, 2.05) is 6.07 Å². The third-order valence-electron chi connectivity index (χ3n) is 2.79. The Morgan fingerprint density at radius 1 is 1.50 bits per heavy atom. The maximum Gasteiger partial charge on any atom is 0.240 e. The summed E-state index contributed by atoms with van der Waals surface area (Å²) in [6.45, 7) is 0.293. The SMILES string of the molecule is CN(CCC#N)C(=O)C1CCCCS1(=O)=O. The molecule has 1 amide bonds. The van der Waals surface area contributed by atoms with Crippen molar-refractivity contribution in [2.24, 2.45) is 0 Å². The van der Waals surface area contributed by atoms with Crippen LogP contribution in [0.1, 0.15) is 25.7 Å². The first kappa shape index (κ1) is 13.0. The Balaban J connectivity index is 2.69. The molecule has 0 spiro atoms. The predicted molar refractivity (Wildman–Crippen MR) is 59.3 cm³/mol. The number of carbonyl (C=O) groups is 1. The third kappa shape index (κ3) is 2.95. The number of hydrogen-bond donors (Lipinski definition) is 0. The van der Waals surface area contributed by atoms with E-state index in [-0.39, 0.29) is 18.1 Å². The molecule has 1 rings (SSSR count). The summed E-state index contributed by atoms with van der Waals surface area (Å²) in [5.41, 5.74) is 0. The molecule has 0 saturated carbocycles. The number of hydrogen-bond acceptors (Lipinski definition) is 4.